The van der Waals surface area contributed by atoms with Gasteiger partial charge in [0.15, 0.2) is 0 Å². The number of hydrogen-bond donors (Lipinski definition) is 1. The van der Waals surface area contributed by atoms with Crippen LogP contribution in [0.15, 0.2) is 30.5 Å². The second kappa shape index (κ2) is 23.3. The lowest BCUT2D eigenvalue weighted by atomic mass is 10.1. The molecule has 284 valence electrons. The number of piperazine rings is 1. The summed E-state index contributed by atoms with van der Waals surface area (Å²) >= 11 is 0. The van der Waals surface area contributed by atoms with E-state index in [4.69, 9.17) is 34.2 Å². The third-order valence-electron chi connectivity index (χ3n) is 8.94. The van der Waals surface area contributed by atoms with Crippen molar-refractivity contribution in [3.05, 3.63) is 47.3 Å². The number of nitrogens with zero attached hydrogens (tertiary/aromatic N) is 5. The molecule has 51 heavy (non-hydrogen) atoms. The van der Waals surface area contributed by atoms with Gasteiger partial charge in [-0.25, -0.2) is 9.97 Å². The van der Waals surface area contributed by atoms with Crippen molar-refractivity contribution < 1.29 is 33.2 Å². The molecule has 13 nitrogen and oxygen atoms in total. The van der Waals surface area contributed by atoms with Crippen LogP contribution in [0.5, 0.6) is 5.75 Å². The average Bonchev–Trinajstić information content (AvgIpc) is 3.54. The normalized spacial score (nSPS) is 13.7. The van der Waals surface area contributed by atoms with E-state index in [0.717, 1.165) is 60.5 Å². The van der Waals surface area contributed by atoms with Gasteiger partial charge in [0.2, 0.25) is 11.9 Å². The van der Waals surface area contributed by atoms with E-state index < -0.39 is 0 Å². The number of amides is 1. The van der Waals surface area contributed by atoms with Gasteiger partial charge in [0.25, 0.3) is 0 Å². The second-order valence-corrected chi connectivity index (χ2v) is 12.7. The van der Waals surface area contributed by atoms with Crippen LogP contribution in [-0.2, 0) is 48.0 Å². The summed E-state index contributed by atoms with van der Waals surface area (Å²) in [4.78, 5) is 26.2. The number of aromatic nitrogens is 3. The van der Waals surface area contributed by atoms with E-state index in [1.165, 1.54) is 24.8 Å². The van der Waals surface area contributed by atoms with Crippen molar-refractivity contribution in [2.75, 3.05) is 105 Å². The molecule has 0 atom stereocenters. The molecule has 3 heterocycles. The summed E-state index contributed by atoms with van der Waals surface area (Å²) in [6, 6.07) is 8.48. The predicted molar refractivity (Wildman–Crippen MR) is 198 cm³/mol. The smallest absolute Gasteiger partial charge is 0.224 e. The fourth-order valence-corrected chi connectivity index (χ4v) is 6.19. The largest absolute Gasteiger partial charge is 0.496 e. The van der Waals surface area contributed by atoms with Crippen molar-refractivity contribution in [1.29, 1.82) is 0 Å². The van der Waals surface area contributed by atoms with Crippen molar-refractivity contribution in [2.24, 2.45) is 0 Å². The minimum atomic E-state index is 0.133. The van der Waals surface area contributed by atoms with E-state index in [9.17, 15) is 4.79 Å². The molecule has 1 aliphatic rings. The average molecular weight is 713 g/mol. The molecule has 1 aromatic carbocycles. The number of ether oxygens (including phenoxy) is 6. The topological polar surface area (TPSA) is 136 Å². The molecule has 2 aromatic heterocycles. The Morgan fingerprint density at radius 2 is 1.45 bits per heavy atom. The first kappa shape index (κ1) is 40.4. The molecule has 0 saturated carbocycles. The maximum Gasteiger partial charge on any atom is 0.224 e. The van der Waals surface area contributed by atoms with Crippen molar-refractivity contribution in [1.82, 2.24) is 24.3 Å². The van der Waals surface area contributed by atoms with Crippen LogP contribution >= 0.6 is 0 Å². The quantitative estimate of drug-likeness (QED) is 0.119. The van der Waals surface area contributed by atoms with E-state index in [-0.39, 0.29) is 5.91 Å². The highest BCUT2D eigenvalue weighted by molar-refractivity contribution is 5.79. The Bertz CT molecular complexity index is 1430. The van der Waals surface area contributed by atoms with Gasteiger partial charge in [-0.15, -0.1) is 0 Å². The van der Waals surface area contributed by atoms with Gasteiger partial charge in [0, 0.05) is 51.1 Å². The maximum atomic E-state index is 12.8. The lowest BCUT2D eigenvalue weighted by molar-refractivity contribution is -0.134. The number of benzene rings is 1. The summed E-state index contributed by atoms with van der Waals surface area (Å²) in [6.07, 6.45) is 8.01. The van der Waals surface area contributed by atoms with Crippen molar-refractivity contribution >= 4 is 22.9 Å². The molecule has 2 N–H and O–H groups in total. The highest BCUT2D eigenvalue weighted by atomic mass is 16.6. The summed E-state index contributed by atoms with van der Waals surface area (Å²) in [7, 11) is 1.72. The number of nitrogen functional groups attached to an aromatic ring is 1. The molecule has 1 aliphatic heterocycles. The summed E-state index contributed by atoms with van der Waals surface area (Å²) in [5, 5.41) is 0. The molecule has 0 aliphatic carbocycles. The third kappa shape index (κ3) is 14.0. The first-order valence-electron chi connectivity index (χ1n) is 18.7. The molecule has 0 unspecified atom stereocenters. The van der Waals surface area contributed by atoms with Gasteiger partial charge >= 0.3 is 0 Å². The minimum Gasteiger partial charge on any atom is -0.496 e. The van der Waals surface area contributed by atoms with Crippen molar-refractivity contribution in [3.63, 3.8) is 0 Å². The summed E-state index contributed by atoms with van der Waals surface area (Å²) in [5.41, 5.74) is 11.3. The lowest BCUT2D eigenvalue weighted by Gasteiger charge is -2.35. The van der Waals surface area contributed by atoms with E-state index in [0.29, 0.717) is 98.1 Å². The molecule has 0 radical (unpaired) electrons. The number of rotatable bonds is 26. The van der Waals surface area contributed by atoms with Crippen LogP contribution in [-0.4, -0.2) is 130 Å². The van der Waals surface area contributed by atoms with Crippen LogP contribution in [0.4, 0.5) is 5.95 Å². The van der Waals surface area contributed by atoms with Gasteiger partial charge in [0.05, 0.1) is 96.3 Å². The lowest BCUT2D eigenvalue weighted by Crippen LogP contribution is -2.48. The molecule has 1 amide bonds. The Kier molecular flexibility index (Phi) is 18.5. The highest BCUT2D eigenvalue weighted by Crippen LogP contribution is 2.26. The number of aryl methyl sites for hydroxylation is 1. The third-order valence-corrected chi connectivity index (χ3v) is 8.94. The molecule has 4 rings (SSSR count). The molecule has 0 bridgehead atoms. The van der Waals surface area contributed by atoms with E-state index in [2.05, 4.69) is 50.8 Å². The number of carbonyl (C=O) groups excluding carboxylic acids is 1. The first-order valence-corrected chi connectivity index (χ1v) is 18.7. The van der Waals surface area contributed by atoms with E-state index >= 15 is 0 Å². The summed E-state index contributed by atoms with van der Waals surface area (Å²) in [6.45, 7) is 14.0. The molecule has 3 aromatic rings. The monoisotopic (exact) mass is 712 g/mol. The Balaban J connectivity index is 1.12. The Hall–Kier alpha value is -3.33. The number of methoxy groups -OCH3 is 1. The second-order valence-electron chi connectivity index (χ2n) is 12.7. The van der Waals surface area contributed by atoms with Crippen LogP contribution in [0.25, 0.3) is 11.0 Å². The Morgan fingerprint density at radius 1 is 0.784 bits per heavy atom. The zero-order valence-electron chi connectivity index (χ0n) is 31.1. The van der Waals surface area contributed by atoms with Crippen molar-refractivity contribution in [2.45, 2.75) is 65.5 Å². The van der Waals surface area contributed by atoms with Crippen LogP contribution in [0.1, 0.15) is 62.8 Å². The molecule has 1 fully saturated rings. The number of carbonyl (C=O) groups is 1. The molecule has 1 saturated heterocycles. The summed E-state index contributed by atoms with van der Waals surface area (Å²) < 4.78 is 35.3. The standard InChI is InChI=1S/C38H60N6O7/c1-4-6-7-8-9-33-37-34(41-38(39)40-33)12-14-44(37)30-32-11-10-31(28-35(32)46-3)29-42-15-17-43(18-16-42)36(45)13-19-48-22-23-50-26-27-51-25-24-49-21-20-47-5-2/h10-12,14,28H,4-9,13,15-27,29-30H2,1-3H3,(H2,39,40,41). The fraction of sp³-hybridized carbons (Fsp3) is 0.658. The van der Waals surface area contributed by atoms with E-state index in [1.807, 2.05) is 17.9 Å². The minimum absolute atomic E-state index is 0.133. The van der Waals surface area contributed by atoms with Crippen LogP contribution in [0, 0.1) is 0 Å². The van der Waals surface area contributed by atoms with E-state index in [1.54, 1.807) is 7.11 Å². The van der Waals surface area contributed by atoms with Gasteiger partial charge in [0.1, 0.15) is 5.75 Å². The molecular weight excluding hydrogens is 652 g/mol. The van der Waals surface area contributed by atoms with Gasteiger partial charge in [-0.2, -0.15) is 0 Å². The number of fused-ring (bicyclic) bond motifs is 1. The highest BCUT2D eigenvalue weighted by Gasteiger charge is 2.21. The van der Waals surface area contributed by atoms with Crippen LogP contribution in [0.3, 0.4) is 0 Å². The number of unbranched alkanes of at least 4 members (excludes halogenated alkanes) is 3. The van der Waals surface area contributed by atoms with Gasteiger partial charge < -0.3 is 43.6 Å². The Morgan fingerprint density at radius 3 is 2.10 bits per heavy atom. The molecular formula is C38H60N6O7. The fourth-order valence-electron chi connectivity index (χ4n) is 6.19. The van der Waals surface area contributed by atoms with Gasteiger partial charge in [-0.1, -0.05) is 38.3 Å². The van der Waals surface area contributed by atoms with Crippen LogP contribution < -0.4 is 10.5 Å². The molecule has 0 spiro atoms. The van der Waals surface area contributed by atoms with Crippen LogP contribution in [0.2, 0.25) is 0 Å². The summed E-state index contributed by atoms with van der Waals surface area (Å²) in [5.74, 6) is 1.32. The number of hydrogen-bond acceptors (Lipinski definition) is 11. The number of nitrogens with two attached hydrogens (primary N) is 1. The zero-order chi connectivity index (χ0) is 36.1. The first-order chi connectivity index (χ1) is 25.0. The van der Waals surface area contributed by atoms with Gasteiger partial charge in [-0.3, -0.25) is 9.69 Å². The zero-order valence-corrected chi connectivity index (χ0v) is 31.1. The van der Waals surface area contributed by atoms with Crippen molar-refractivity contribution in [3.8, 4) is 5.75 Å². The SMILES string of the molecule is CCCCCCc1nc(N)nc2ccn(Cc3ccc(CN4CCN(C(=O)CCOCCOCCOCCOCCOCC)CC4)cc3OC)c12. The Labute approximate surface area is 303 Å². The maximum absolute atomic E-state index is 12.8. The number of anilines is 1. The van der Waals surface area contributed by atoms with Gasteiger partial charge in [-0.05, 0) is 37.5 Å². The molecule has 13 heteroatoms. The predicted octanol–water partition coefficient (Wildman–Crippen LogP) is 4.33.